The van der Waals surface area contributed by atoms with E-state index in [1.54, 1.807) is 0 Å². The minimum atomic E-state index is -0.679. The third kappa shape index (κ3) is 4.29. The van der Waals surface area contributed by atoms with Gasteiger partial charge in [0.25, 0.3) is 0 Å². The van der Waals surface area contributed by atoms with Crippen molar-refractivity contribution in [2.24, 2.45) is 5.92 Å². The van der Waals surface area contributed by atoms with Crippen molar-refractivity contribution in [2.75, 3.05) is 11.9 Å². The van der Waals surface area contributed by atoms with Crippen LogP contribution in [0.4, 0.5) is 5.69 Å². The lowest BCUT2D eigenvalue weighted by Gasteiger charge is -2.36. The van der Waals surface area contributed by atoms with Gasteiger partial charge in [0, 0.05) is 25.2 Å². The van der Waals surface area contributed by atoms with E-state index in [9.17, 15) is 9.59 Å². The Morgan fingerprint density at radius 1 is 1.33 bits per heavy atom. The van der Waals surface area contributed by atoms with Crippen LogP contribution in [0.25, 0.3) is 0 Å². The normalized spacial score (nSPS) is 22.8. The van der Waals surface area contributed by atoms with Crippen molar-refractivity contribution >= 4 is 17.6 Å². The van der Waals surface area contributed by atoms with E-state index in [2.05, 4.69) is 17.1 Å². The van der Waals surface area contributed by atoms with Crippen LogP contribution in [0.1, 0.15) is 32.3 Å². The standard InChI is InChI=1S/C16H22N2O3/c1-11-9-14(16(20)21)7-8-18(11)10-13-3-5-15(6-4-13)17-12(2)19/h3-6,11,14H,7-10H2,1-2H3,(H,17,19)(H,20,21). The first-order valence-electron chi connectivity index (χ1n) is 7.29. The summed E-state index contributed by atoms with van der Waals surface area (Å²) in [6.45, 7) is 5.20. The quantitative estimate of drug-likeness (QED) is 0.893. The van der Waals surface area contributed by atoms with Crippen LogP contribution in [0.2, 0.25) is 0 Å². The highest BCUT2D eigenvalue weighted by atomic mass is 16.4. The van der Waals surface area contributed by atoms with Crippen LogP contribution in [0, 0.1) is 5.92 Å². The topological polar surface area (TPSA) is 69.6 Å². The highest BCUT2D eigenvalue weighted by Crippen LogP contribution is 2.24. The zero-order valence-electron chi connectivity index (χ0n) is 12.5. The number of carboxylic acid groups (broad SMARTS) is 1. The molecule has 2 atom stereocenters. The van der Waals surface area contributed by atoms with Gasteiger partial charge in [-0.15, -0.1) is 0 Å². The Morgan fingerprint density at radius 2 is 2.00 bits per heavy atom. The van der Waals surface area contributed by atoms with Gasteiger partial charge in [-0.05, 0) is 44.0 Å². The van der Waals surface area contributed by atoms with E-state index in [4.69, 9.17) is 5.11 Å². The average molecular weight is 290 g/mol. The number of anilines is 1. The van der Waals surface area contributed by atoms with Gasteiger partial charge in [-0.1, -0.05) is 12.1 Å². The van der Waals surface area contributed by atoms with Gasteiger partial charge >= 0.3 is 5.97 Å². The third-order valence-corrected chi connectivity index (χ3v) is 4.02. The lowest BCUT2D eigenvalue weighted by atomic mass is 9.91. The van der Waals surface area contributed by atoms with Crippen LogP contribution in [-0.4, -0.2) is 34.5 Å². The fraction of sp³-hybridized carbons (Fsp3) is 0.500. The molecule has 1 saturated heterocycles. The third-order valence-electron chi connectivity index (χ3n) is 4.02. The molecule has 21 heavy (non-hydrogen) atoms. The maximum absolute atomic E-state index is 11.0. The second-order valence-electron chi connectivity index (χ2n) is 5.76. The predicted octanol–water partition coefficient (Wildman–Crippen LogP) is 2.33. The fourth-order valence-corrected chi connectivity index (χ4v) is 2.81. The minimum Gasteiger partial charge on any atom is -0.481 e. The first kappa shape index (κ1) is 15.5. The smallest absolute Gasteiger partial charge is 0.306 e. The molecule has 0 radical (unpaired) electrons. The summed E-state index contributed by atoms with van der Waals surface area (Å²) in [5.41, 5.74) is 1.97. The number of carbonyl (C=O) groups excluding carboxylic acids is 1. The van der Waals surface area contributed by atoms with Gasteiger partial charge in [0.15, 0.2) is 0 Å². The molecule has 114 valence electrons. The predicted molar refractivity (Wildman–Crippen MR) is 81.0 cm³/mol. The summed E-state index contributed by atoms with van der Waals surface area (Å²) in [5, 5.41) is 11.8. The number of carbonyl (C=O) groups is 2. The molecule has 1 aromatic carbocycles. The number of aliphatic carboxylic acids is 1. The number of nitrogens with zero attached hydrogens (tertiary/aromatic N) is 1. The van der Waals surface area contributed by atoms with E-state index in [1.165, 1.54) is 12.5 Å². The Balaban J connectivity index is 1.93. The molecular weight excluding hydrogens is 268 g/mol. The zero-order chi connectivity index (χ0) is 15.4. The second-order valence-corrected chi connectivity index (χ2v) is 5.76. The number of hydrogen-bond donors (Lipinski definition) is 2. The Hall–Kier alpha value is -1.88. The number of benzene rings is 1. The van der Waals surface area contributed by atoms with Crippen LogP contribution >= 0.6 is 0 Å². The number of nitrogens with one attached hydrogen (secondary N) is 1. The van der Waals surface area contributed by atoms with E-state index in [0.29, 0.717) is 12.8 Å². The van der Waals surface area contributed by atoms with Gasteiger partial charge in [-0.2, -0.15) is 0 Å². The number of piperidine rings is 1. The molecule has 1 amide bonds. The molecule has 1 aromatic rings. The van der Waals surface area contributed by atoms with Crippen molar-refractivity contribution in [3.8, 4) is 0 Å². The summed E-state index contributed by atoms with van der Waals surface area (Å²) in [7, 11) is 0. The van der Waals surface area contributed by atoms with Crippen LogP contribution in [0.15, 0.2) is 24.3 Å². The van der Waals surface area contributed by atoms with E-state index in [-0.39, 0.29) is 17.9 Å². The highest BCUT2D eigenvalue weighted by Gasteiger charge is 2.29. The summed E-state index contributed by atoms with van der Waals surface area (Å²) in [6, 6.07) is 8.06. The SMILES string of the molecule is CC(=O)Nc1ccc(CN2CCC(C(=O)O)CC2C)cc1. The molecule has 2 rings (SSSR count). The van der Waals surface area contributed by atoms with Gasteiger partial charge in [0.05, 0.1) is 5.92 Å². The van der Waals surface area contributed by atoms with Crippen molar-refractivity contribution in [1.82, 2.24) is 4.90 Å². The first-order valence-corrected chi connectivity index (χ1v) is 7.29. The van der Waals surface area contributed by atoms with Crippen LogP contribution < -0.4 is 5.32 Å². The molecule has 1 aliphatic rings. The van der Waals surface area contributed by atoms with E-state index >= 15 is 0 Å². The largest absolute Gasteiger partial charge is 0.481 e. The monoisotopic (exact) mass is 290 g/mol. The number of carboxylic acids is 1. The molecule has 2 unspecified atom stereocenters. The second kappa shape index (κ2) is 6.72. The molecule has 5 nitrogen and oxygen atoms in total. The lowest BCUT2D eigenvalue weighted by Crippen LogP contribution is -2.42. The van der Waals surface area contributed by atoms with Gasteiger partial charge in [-0.3, -0.25) is 14.5 Å². The summed E-state index contributed by atoms with van der Waals surface area (Å²) < 4.78 is 0. The van der Waals surface area contributed by atoms with Crippen LogP contribution in [-0.2, 0) is 16.1 Å². The fourth-order valence-electron chi connectivity index (χ4n) is 2.81. The Labute approximate surface area is 125 Å². The number of hydrogen-bond acceptors (Lipinski definition) is 3. The summed E-state index contributed by atoms with van der Waals surface area (Å²) in [6.07, 6.45) is 1.42. The zero-order valence-corrected chi connectivity index (χ0v) is 12.5. The van der Waals surface area contributed by atoms with Crippen molar-refractivity contribution < 1.29 is 14.7 Å². The molecular formula is C16H22N2O3. The minimum absolute atomic E-state index is 0.0767. The molecule has 0 saturated carbocycles. The molecule has 0 bridgehead atoms. The number of amides is 1. The van der Waals surface area contributed by atoms with Crippen molar-refractivity contribution in [3.63, 3.8) is 0 Å². The summed E-state index contributed by atoms with van der Waals surface area (Å²) in [5.74, 6) is -0.966. The molecule has 0 aliphatic carbocycles. The molecule has 5 heteroatoms. The molecule has 1 fully saturated rings. The first-order chi connectivity index (χ1) is 9.95. The van der Waals surface area contributed by atoms with E-state index in [0.717, 1.165) is 18.8 Å². The van der Waals surface area contributed by atoms with Crippen molar-refractivity contribution in [1.29, 1.82) is 0 Å². The maximum Gasteiger partial charge on any atom is 0.306 e. The van der Waals surface area contributed by atoms with Crippen LogP contribution in [0.3, 0.4) is 0 Å². The van der Waals surface area contributed by atoms with Gasteiger partial charge in [0.2, 0.25) is 5.91 Å². The molecule has 0 spiro atoms. The molecule has 1 aliphatic heterocycles. The Morgan fingerprint density at radius 3 is 2.52 bits per heavy atom. The highest BCUT2D eigenvalue weighted by molar-refractivity contribution is 5.88. The van der Waals surface area contributed by atoms with E-state index in [1.807, 2.05) is 24.3 Å². The number of likely N-dealkylation sites (tertiary alicyclic amines) is 1. The van der Waals surface area contributed by atoms with Crippen molar-refractivity contribution in [3.05, 3.63) is 29.8 Å². The molecule has 0 aromatic heterocycles. The molecule has 1 heterocycles. The summed E-state index contributed by atoms with van der Waals surface area (Å²) in [4.78, 5) is 24.3. The van der Waals surface area contributed by atoms with E-state index < -0.39 is 5.97 Å². The van der Waals surface area contributed by atoms with Crippen molar-refractivity contribution in [2.45, 2.75) is 39.3 Å². The van der Waals surface area contributed by atoms with Gasteiger partial charge in [-0.25, -0.2) is 0 Å². The average Bonchev–Trinajstić information content (AvgIpc) is 2.42. The maximum atomic E-state index is 11.0. The van der Waals surface area contributed by atoms with Crippen LogP contribution in [0.5, 0.6) is 0 Å². The summed E-state index contributed by atoms with van der Waals surface area (Å²) >= 11 is 0. The number of rotatable bonds is 4. The van der Waals surface area contributed by atoms with Gasteiger partial charge in [0.1, 0.15) is 0 Å². The Bertz CT molecular complexity index is 513. The van der Waals surface area contributed by atoms with Gasteiger partial charge < -0.3 is 10.4 Å². The lowest BCUT2D eigenvalue weighted by molar-refractivity contribution is -0.144. The molecule has 2 N–H and O–H groups in total. The Kier molecular flexibility index (Phi) is 4.96.